The molecular weight excluding hydrogens is 421 g/mol. The predicted molar refractivity (Wildman–Crippen MR) is 107 cm³/mol. The summed E-state index contributed by atoms with van der Waals surface area (Å²) in [6.45, 7) is 8.18. The van der Waals surface area contributed by atoms with Crippen molar-refractivity contribution in [1.29, 1.82) is 0 Å². The molecule has 7 nitrogen and oxygen atoms in total. The van der Waals surface area contributed by atoms with Crippen LogP contribution >= 0.6 is 24.0 Å². The van der Waals surface area contributed by atoms with E-state index >= 15 is 0 Å². The van der Waals surface area contributed by atoms with Crippen molar-refractivity contribution in [3.05, 3.63) is 23.9 Å². The number of aliphatic imine (C=N–C) groups is 1. The van der Waals surface area contributed by atoms with Crippen LogP contribution in [-0.2, 0) is 16.0 Å². The molecule has 0 amide bonds. The zero-order chi connectivity index (χ0) is 16.3. The molecule has 2 rings (SSSR count). The van der Waals surface area contributed by atoms with Crippen LogP contribution < -0.4 is 15.5 Å². The molecule has 0 saturated carbocycles. The molecule has 0 atom stereocenters. The van der Waals surface area contributed by atoms with Crippen molar-refractivity contribution in [3.8, 4) is 0 Å². The number of ether oxygens (including phenoxy) is 2. The summed E-state index contributed by atoms with van der Waals surface area (Å²) < 4.78 is 10.4. The SMILES string of the molecule is CCNC(=NCc1ccnc(N2CCOCC2)c1)NCCOC.I. The first kappa shape index (κ1) is 20.9. The van der Waals surface area contributed by atoms with Crippen molar-refractivity contribution in [1.82, 2.24) is 15.6 Å². The fourth-order valence-electron chi connectivity index (χ4n) is 2.31. The molecule has 1 aliphatic rings. The van der Waals surface area contributed by atoms with Gasteiger partial charge in [0.1, 0.15) is 5.82 Å². The maximum atomic E-state index is 5.39. The zero-order valence-electron chi connectivity index (χ0n) is 14.5. The van der Waals surface area contributed by atoms with Gasteiger partial charge in [0.15, 0.2) is 5.96 Å². The molecular formula is C16H28IN5O2. The van der Waals surface area contributed by atoms with Gasteiger partial charge >= 0.3 is 0 Å². The Kier molecular flexibility index (Phi) is 10.7. The van der Waals surface area contributed by atoms with E-state index in [2.05, 4.69) is 38.5 Å². The van der Waals surface area contributed by atoms with Gasteiger partial charge in [-0.3, -0.25) is 0 Å². The van der Waals surface area contributed by atoms with Crippen LogP contribution in [0.15, 0.2) is 23.3 Å². The molecule has 0 unspecified atom stereocenters. The Labute approximate surface area is 161 Å². The Balaban J connectivity index is 0.00000288. The molecule has 2 heterocycles. The summed E-state index contributed by atoms with van der Waals surface area (Å²) >= 11 is 0. The number of guanidine groups is 1. The first-order valence-corrected chi connectivity index (χ1v) is 8.12. The summed E-state index contributed by atoms with van der Waals surface area (Å²) in [5, 5.41) is 6.47. The van der Waals surface area contributed by atoms with E-state index in [4.69, 9.17) is 9.47 Å². The number of hydrogen-bond acceptors (Lipinski definition) is 5. The van der Waals surface area contributed by atoms with Gasteiger partial charge in [-0.25, -0.2) is 9.98 Å². The molecule has 1 aromatic rings. The first-order valence-electron chi connectivity index (χ1n) is 8.12. The fourth-order valence-corrected chi connectivity index (χ4v) is 2.31. The maximum Gasteiger partial charge on any atom is 0.191 e. The molecule has 2 N–H and O–H groups in total. The Morgan fingerprint density at radius 2 is 2.17 bits per heavy atom. The van der Waals surface area contributed by atoms with Crippen molar-refractivity contribution >= 4 is 35.8 Å². The van der Waals surface area contributed by atoms with Gasteiger partial charge in [-0.1, -0.05) is 0 Å². The zero-order valence-corrected chi connectivity index (χ0v) is 16.8. The lowest BCUT2D eigenvalue weighted by molar-refractivity contribution is 0.122. The lowest BCUT2D eigenvalue weighted by atomic mass is 10.2. The van der Waals surface area contributed by atoms with E-state index < -0.39 is 0 Å². The highest BCUT2D eigenvalue weighted by Crippen LogP contribution is 2.14. The largest absolute Gasteiger partial charge is 0.383 e. The molecule has 8 heteroatoms. The normalized spacial score (nSPS) is 14.9. The number of anilines is 1. The fraction of sp³-hybridized carbons (Fsp3) is 0.625. The highest BCUT2D eigenvalue weighted by molar-refractivity contribution is 14.0. The average Bonchev–Trinajstić information content (AvgIpc) is 2.61. The summed E-state index contributed by atoms with van der Waals surface area (Å²) in [5.41, 5.74) is 1.14. The number of hydrogen-bond donors (Lipinski definition) is 2. The van der Waals surface area contributed by atoms with Crippen LogP contribution in [0.2, 0.25) is 0 Å². The molecule has 24 heavy (non-hydrogen) atoms. The quantitative estimate of drug-likeness (QED) is 0.283. The molecule has 0 radical (unpaired) electrons. The Bertz CT molecular complexity index is 495. The van der Waals surface area contributed by atoms with Gasteiger partial charge < -0.3 is 25.0 Å². The van der Waals surface area contributed by atoms with E-state index in [9.17, 15) is 0 Å². The number of halogens is 1. The third-order valence-electron chi connectivity index (χ3n) is 3.51. The summed E-state index contributed by atoms with van der Waals surface area (Å²) in [5.74, 6) is 1.80. The topological polar surface area (TPSA) is 71.0 Å². The molecule has 0 aromatic carbocycles. The van der Waals surface area contributed by atoms with Crippen LogP contribution in [0, 0.1) is 0 Å². The Morgan fingerprint density at radius 1 is 1.38 bits per heavy atom. The number of nitrogens with one attached hydrogen (secondary N) is 2. The monoisotopic (exact) mass is 449 g/mol. The van der Waals surface area contributed by atoms with E-state index in [-0.39, 0.29) is 24.0 Å². The van der Waals surface area contributed by atoms with Gasteiger partial charge in [0, 0.05) is 39.5 Å². The number of pyridine rings is 1. The highest BCUT2D eigenvalue weighted by atomic mass is 127. The van der Waals surface area contributed by atoms with Crippen LogP contribution in [-0.4, -0.2) is 64.1 Å². The van der Waals surface area contributed by atoms with Crippen LogP contribution in [0.4, 0.5) is 5.82 Å². The second-order valence-electron chi connectivity index (χ2n) is 5.24. The third-order valence-corrected chi connectivity index (χ3v) is 3.51. The lowest BCUT2D eigenvalue weighted by Crippen LogP contribution is -2.38. The van der Waals surface area contributed by atoms with Crippen molar-refractivity contribution in [3.63, 3.8) is 0 Å². The first-order chi connectivity index (χ1) is 11.3. The van der Waals surface area contributed by atoms with E-state index in [1.807, 2.05) is 12.3 Å². The van der Waals surface area contributed by atoms with Crippen molar-refractivity contribution < 1.29 is 9.47 Å². The number of aromatic nitrogens is 1. The van der Waals surface area contributed by atoms with E-state index in [0.29, 0.717) is 13.2 Å². The predicted octanol–water partition coefficient (Wildman–Crippen LogP) is 1.24. The molecule has 136 valence electrons. The maximum absolute atomic E-state index is 5.39. The van der Waals surface area contributed by atoms with E-state index in [1.165, 1.54) is 0 Å². The van der Waals surface area contributed by atoms with Crippen molar-refractivity contribution in [2.45, 2.75) is 13.5 Å². The molecule has 0 bridgehead atoms. The highest BCUT2D eigenvalue weighted by Gasteiger charge is 2.12. The van der Waals surface area contributed by atoms with Gasteiger partial charge in [0.05, 0.1) is 26.4 Å². The van der Waals surface area contributed by atoms with Crippen LogP contribution in [0.1, 0.15) is 12.5 Å². The third kappa shape index (κ3) is 7.18. The number of nitrogens with zero attached hydrogens (tertiary/aromatic N) is 3. The van der Waals surface area contributed by atoms with Gasteiger partial charge in [-0.05, 0) is 24.6 Å². The lowest BCUT2D eigenvalue weighted by Gasteiger charge is -2.27. The van der Waals surface area contributed by atoms with Crippen molar-refractivity contribution in [2.24, 2.45) is 4.99 Å². The van der Waals surface area contributed by atoms with Gasteiger partial charge in [-0.15, -0.1) is 24.0 Å². The smallest absolute Gasteiger partial charge is 0.191 e. The Hall–Kier alpha value is -1.13. The summed E-state index contributed by atoms with van der Waals surface area (Å²) in [7, 11) is 1.69. The van der Waals surface area contributed by atoms with Crippen molar-refractivity contribution in [2.75, 3.05) is 58.0 Å². The summed E-state index contributed by atoms with van der Waals surface area (Å²) in [6, 6.07) is 4.11. The summed E-state index contributed by atoms with van der Waals surface area (Å²) in [4.78, 5) is 11.3. The minimum absolute atomic E-state index is 0. The molecule has 1 saturated heterocycles. The summed E-state index contributed by atoms with van der Waals surface area (Å²) in [6.07, 6.45) is 1.85. The molecule has 0 aliphatic carbocycles. The van der Waals surface area contributed by atoms with Crippen LogP contribution in [0.5, 0.6) is 0 Å². The minimum atomic E-state index is 0. The number of morpholine rings is 1. The van der Waals surface area contributed by atoms with Crippen LogP contribution in [0.3, 0.4) is 0 Å². The van der Waals surface area contributed by atoms with Gasteiger partial charge in [0.25, 0.3) is 0 Å². The molecule has 1 aliphatic heterocycles. The average molecular weight is 449 g/mol. The van der Waals surface area contributed by atoms with Gasteiger partial charge in [-0.2, -0.15) is 0 Å². The van der Waals surface area contributed by atoms with Crippen LogP contribution in [0.25, 0.3) is 0 Å². The van der Waals surface area contributed by atoms with E-state index in [0.717, 1.165) is 56.7 Å². The van der Waals surface area contributed by atoms with E-state index in [1.54, 1.807) is 7.11 Å². The standard InChI is InChI=1S/C16H27N5O2.HI/c1-3-17-16(19-6-9-22-2)20-13-14-4-5-18-15(12-14)21-7-10-23-11-8-21;/h4-5,12H,3,6-11,13H2,1-2H3,(H2,17,19,20);1H. The minimum Gasteiger partial charge on any atom is -0.383 e. The van der Waals surface area contributed by atoms with Gasteiger partial charge in [0.2, 0.25) is 0 Å². The number of rotatable bonds is 7. The molecule has 0 spiro atoms. The molecule has 1 fully saturated rings. The number of methoxy groups -OCH3 is 1. The Morgan fingerprint density at radius 3 is 2.88 bits per heavy atom. The second kappa shape index (κ2) is 12.3. The molecule has 1 aromatic heterocycles. The second-order valence-corrected chi connectivity index (χ2v) is 5.24.